The van der Waals surface area contributed by atoms with Crippen molar-refractivity contribution in [3.8, 4) is 0 Å². The molecule has 0 atom stereocenters. The predicted octanol–water partition coefficient (Wildman–Crippen LogP) is 1.66. The molecule has 4 nitrogen and oxygen atoms in total. The van der Waals surface area contributed by atoms with Gasteiger partial charge in [-0.15, -0.1) is 0 Å². The molecule has 0 radical (unpaired) electrons. The Labute approximate surface area is 100 Å². The number of amides is 1. The number of nitrogens with one attached hydrogen (secondary N) is 1. The van der Waals surface area contributed by atoms with Gasteiger partial charge in [0.15, 0.2) is 0 Å². The van der Waals surface area contributed by atoms with Crippen LogP contribution in [0.3, 0.4) is 0 Å². The molecule has 1 aromatic heterocycles. The highest BCUT2D eigenvalue weighted by Crippen LogP contribution is 2.04. The summed E-state index contributed by atoms with van der Waals surface area (Å²) >= 11 is 0. The number of nitrogens with zero attached hydrogens (tertiary/aromatic N) is 2. The van der Waals surface area contributed by atoms with Gasteiger partial charge in [0, 0.05) is 18.8 Å². The van der Waals surface area contributed by atoms with Crippen molar-refractivity contribution in [1.29, 1.82) is 0 Å². The zero-order valence-electron chi connectivity index (χ0n) is 9.97. The number of carbonyl (C=O) groups is 1. The van der Waals surface area contributed by atoms with Crippen LogP contribution in [0.25, 0.3) is 0 Å². The summed E-state index contributed by atoms with van der Waals surface area (Å²) in [6.45, 7) is 2.46. The minimum atomic E-state index is -0.0603. The maximum atomic E-state index is 11.9. The van der Waals surface area contributed by atoms with Gasteiger partial charge in [0.1, 0.15) is 0 Å². The first-order valence-electron chi connectivity index (χ1n) is 5.48. The molecule has 0 unspecified atom stereocenters. The van der Waals surface area contributed by atoms with Gasteiger partial charge in [-0.05, 0) is 25.1 Å². The van der Waals surface area contributed by atoms with Gasteiger partial charge in [-0.25, -0.2) is 0 Å². The van der Waals surface area contributed by atoms with Gasteiger partial charge in [0.2, 0.25) is 0 Å². The SMILES string of the molecule is Cc1cccc(C(=O)NCc2ccnn2C)c1. The van der Waals surface area contributed by atoms with Gasteiger partial charge in [-0.1, -0.05) is 17.7 Å². The Morgan fingerprint density at radius 2 is 2.24 bits per heavy atom. The van der Waals surface area contributed by atoms with E-state index in [1.807, 2.05) is 44.3 Å². The van der Waals surface area contributed by atoms with Crippen molar-refractivity contribution in [2.45, 2.75) is 13.5 Å². The number of benzene rings is 1. The summed E-state index contributed by atoms with van der Waals surface area (Å²) in [6, 6.07) is 9.42. The standard InChI is InChI=1S/C13H15N3O/c1-10-4-3-5-11(8-10)13(17)14-9-12-6-7-15-16(12)2/h3-8H,9H2,1-2H3,(H,14,17). The van der Waals surface area contributed by atoms with E-state index in [-0.39, 0.29) is 5.91 Å². The first-order valence-corrected chi connectivity index (χ1v) is 5.48. The lowest BCUT2D eigenvalue weighted by atomic mass is 10.1. The molecule has 0 aliphatic carbocycles. The average Bonchev–Trinajstić information content (AvgIpc) is 2.72. The molecule has 0 aliphatic heterocycles. The van der Waals surface area contributed by atoms with E-state index >= 15 is 0 Å². The number of hydrogen-bond donors (Lipinski definition) is 1. The van der Waals surface area contributed by atoms with Crippen LogP contribution in [0, 0.1) is 6.92 Å². The van der Waals surface area contributed by atoms with Crippen LogP contribution in [0.4, 0.5) is 0 Å². The van der Waals surface area contributed by atoms with Gasteiger partial charge < -0.3 is 5.32 Å². The predicted molar refractivity (Wildman–Crippen MR) is 65.6 cm³/mol. The summed E-state index contributed by atoms with van der Waals surface area (Å²) in [5.41, 5.74) is 2.75. The monoisotopic (exact) mass is 229 g/mol. The van der Waals surface area contributed by atoms with Crippen LogP contribution in [0.5, 0.6) is 0 Å². The van der Waals surface area contributed by atoms with Crippen LogP contribution in [-0.2, 0) is 13.6 Å². The lowest BCUT2D eigenvalue weighted by molar-refractivity contribution is 0.0950. The van der Waals surface area contributed by atoms with Gasteiger partial charge in [-0.3, -0.25) is 9.48 Å². The van der Waals surface area contributed by atoms with Crippen molar-refractivity contribution in [3.05, 3.63) is 53.3 Å². The molecule has 1 amide bonds. The van der Waals surface area contributed by atoms with Gasteiger partial charge in [-0.2, -0.15) is 5.10 Å². The molecule has 0 saturated carbocycles. The van der Waals surface area contributed by atoms with Crippen LogP contribution in [-0.4, -0.2) is 15.7 Å². The van der Waals surface area contributed by atoms with E-state index in [0.29, 0.717) is 12.1 Å². The fourth-order valence-corrected chi connectivity index (χ4v) is 1.63. The molecule has 17 heavy (non-hydrogen) atoms. The molecule has 88 valence electrons. The number of carbonyl (C=O) groups excluding carboxylic acids is 1. The van der Waals surface area contributed by atoms with Crippen LogP contribution in [0.2, 0.25) is 0 Å². The summed E-state index contributed by atoms with van der Waals surface area (Å²) in [4.78, 5) is 11.9. The van der Waals surface area contributed by atoms with Gasteiger partial charge >= 0.3 is 0 Å². The molecule has 0 saturated heterocycles. The largest absolute Gasteiger partial charge is 0.346 e. The lowest BCUT2D eigenvalue weighted by Gasteiger charge is -2.06. The van der Waals surface area contributed by atoms with Crippen molar-refractivity contribution < 1.29 is 4.79 Å². The zero-order chi connectivity index (χ0) is 12.3. The Hall–Kier alpha value is -2.10. The van der Waals surface area contributed by atoms with E-state index in [1.54, 1.807) is 10.9 Å². The van der Waals surface area contributed by atoms with Crippen molar-refractivity contribution >= 4 is 5.91 Å². The summed E-state index contributed by atoms with van der Waals surface area (Å²) in [6.07, 6.45) is 1.72. The van der Waals surface area contributed by atoms with Crippen LogP contribution < -0.4 is 5.32 Å². The summed E-state index contributed by atoms with van der Waals surface area (Å²) < 4.78 is 1.75. The molecule has 0 bridgehead atoms. The maximum absolute atomic E-state index is 11.9. The van der Waals surface area contributed by atoms with Crippen molar-refractivity contribution in [2.75, 3.05) is 0 Å². The zero-order valence-corrected chi connectivity index (χ0v) is 9.97. The minimum absolute atomic E-state index is 0.0603. The molecule has 2 aromatic rings. The second kappa shape index (κ2) is 4.82. The Morgan fingerprint density at radius 1 is 1.41 bits per heavy atom. The highest BCUT2D eigenvalue weighted by atomic mass is 16.1. The Bertz CT molecular complexity index is 531. The molecule has 0 fully saturated rings. The van der Waals surface area contributed by atoms with E-state index < -0.39 is 0 Å². The van der Waals surface area contributed by atoms with E-state index in [0.717, 1.165) is 11.3 Å². The fourth-order valence-electron chi connectivity index (χ4n) is 1.63. The van der Waals surface area contributed by atoms with Crippen LogP contribution in [0.15, 0.2) is 36.5 Å². The fraction of sp³-hybridized carbons (Fsp3) is 0.231. The topological polar surface area (TPSA) is 46.9 Å². The van der Waals surface area contributed by atoms with E-state index in [2.05, 4.69) is 10.4 Å². The Balaban J connectivity index is 2.01. The number of aryl methyl sites for hydroxylation is 2. The normalized spacial score (nSPS) is 10.2. The Kier molecular flexibility index (Phi) is 3.23. The average molecular weight is 229 g/mol. The highest BCUT2D eigenvalue weighted by Gasteiger charge is 2.06. The third-order valence-electron chi connectivity index (χ3n) is 2.63. The van der Waals surface area contributed by atoms with Crippen LogP contribution in [0.1, 0.15) is 21.6 Å². The smallest absolute Gasteiger partial charge is 0.251 e. The lowest BCUT2D eigenvalue weighted by Crippen LogP contribution is -2.24. The maximum Gasteiger partial charge on any atom is 0.251 e. The van der Waals surface area contributed by atoms with Crippen LogP contribution >= 0.6 is 0 Å². The highest BCUT2D eigenvalue weighted by molar-refractivity contribution is 5.94. The summed E-state index contributed by atoms with van der Waals surface area (Å²) in [5, 5.41) is 6.92. The molecule has 1 N–H and O–H groups in total. The molecule has 0 aliphatic rings. The van der Waals surface area contributed by atoms with Crippen molar-refractivity contribution in [2.24, 2.45) is 7.05 Å². The van der Waals surface area contributed by atoms with E-state index in [1.165, 1.54) is 0 Å². The second-order valence-electron chi connectivity index (χ2n) is 4.00. The van der Waals surface area contributed by atoms with Crippen molar-refractivity contribution in [3.63, 3.8) is 0 Å². The van der Waals surface area contributed by atoms with Gasteiger partial charge in [0.05, 0.1) is 12.2 Å². The van der Waals surface area contributed by atoms with Crippen molar-refractivity contribution in [1.82, 2.24) is 15.1 Å². The molecular formula is C13H15N3O. The number of rotatable bonds is 3. The first kappa shape index (κ1) is 11.4. The third-order valence-corrected chi connectivity index (χ3v) is 2.63. The van der Waals surface area contributed by atoms with E-state index in [4.69, 9.17) is 0 Å². The molecule has 4 heteroatoms. The number of hydrogen-bond acceptors (Lipinski definition) is 2. The summed E-state index contributed by atoms with van der Waals surface area (Å²) in [5.74, 6) is -0.0603. The van der Waals surface area contributed by atoms with Gasteiger partial charge in [0.25, 0.3) is 5.91 Å². The minimum Gasteiger partial charge on any atom is -0.346 e. The molecular weight excluding hydrogens is 214 g/mol. The molecule has 0 spiro atoms. The molecule has 2 rings (SSSR count). The molecule has 1 heterocycles. The first-order chi connectivity index (χ1) is 8.16. The number of aromatic nitrogens is 2. The molecule has 1 aromatic carbocycles. The van der Waals surface area contributed by atoms with E-state index in [9.17, 15) is 4.79 Å². The third kappa shape index (κ3) is 2.72. The summed E-state index contributed by atoms with van der Waals surface area (Å²) in [7, 11) is 1.86. The Morgan fingerprint density at radius 3 is 2.88 bits per heavy atom. The second-order valence-corrected chi connectivity index (χ2v) is 4.00. The quantitative estimate of drug-likeness (QED) is 0.870.